The number of ether oxygens (including phenoxy) is 1. The van der Waals surface area contributed by atoms with Crippen LogP contribution in [0.3, 0.4) is 0 Å². The zero-order chi connectivity index (χ0) is 25.3. The summed E-state index contributed by atoms with van der Waals surface area (Å²) >= 11 is 6.47. The number of anilines is 1. The third-order valence-corrected chi connectivity index (χ3v) is 6.07. The fourth-order valence-corrected chi connectivity index (χ4v) is 4.27. The second-order valence-corrected chi connectivity index (χ2v) is 10.0. The van der Waals surface area contributed by atoms with E-state index in [9.17, 15) is 9.18 Å². The maximum atomic E-state index is 13.6. The fraction of sp³-hybridized carbons (Fsp3) is 0.286. The molecule has 0 fully saturated rings. The first kappa shape index (κ1) is 24.7. The van der Waals surface area contributed by atoms with Crippen molar-refractivity contribution < 1.29 is 13.9 Å². The van der Waals surface area contributed by atoms with E-state index in [1.165, 1.54) is 17.0 Å². The molecule has 0 saturated heterocycles. The van der Waals surface area contributed by atoms with Crippen molar-refractivity contribution in [3.8, 4) is 0 Å². The zero-order valence-corrected chi connectivity index (χ0v) is 21.4. The van der Waals surface area contributed by atoms with Crippen LogP contribution in [0.2, 0.25) is 5.15 Å². The molecule has 4 rings (SSSR count). The van der Waals surface area contributed by atoms with Crippen molar-refractivity contribution in [1.82, 2.24) is 9.55 Å². The van der Waals surface area contributed by atoms with Crippen LogP contribution in [-0.4, -0.2) is 21.2 Å². The number of carbonyl (C=O) groups is 1. The number of hydrogen-bond acceptors (Lipinski definition) is 3. The summed E-state index contributed by atoms with van der Waals surface area (Å²) in [7, 11) is 0. The minimum atomic E-state index is -0.715. The molecule has 0 atom stereocenters. The number of benzene rings is 2. The van der Waals surface area contributed by atoms with Crippen molar-refractivity contribution in [3.63, 3.8) is 0 Å². The monoisotopic (exact) mass is 493 g/mol. The van der Waals surface area contributed by atoms with Gasteiger partial charge in [0.15, 0.2) is 5.82 Å². The highest BCUT2D eigenvalue weighted by atomic mass is 35.5. The number of pyridine rings is 1. The first-order valence-electron chi connectivity index (χ1n) is 11.5. The standard InChI is InChI=1S/C28H29ClFN3O2/c1-18-19(2)32(16-20-9-7-6-8-10-20)25-23(18)15-24(29)31-26(25)33(27(34)35-28(3,4)5)17-21-11-13-22(30)14-12-21/h6-15H,16-17H2,1-5H3. The molecule has 0 unspecified atom stereocenters. The van der Waals surface area contributed by atoms with E-state index in [1.54, 1.807) is 12.1 Å². The molecule has 0 bridgehead atoms. The van der Waals surface area contributed by atoms with Crippen LogP contribution in [0.25, 0.3) is 10.9 Å². The molecule has 2 aromatic carbocycles. The number of carbonyl (C=O) groups excluding carboxylic acids is 1. The van der Waals surface area contributed by atoms with Crippen LogP contribution in [0.4, 0.5) is 15.0 Å². The Balaban J connectivity index is 1.92. The zero-order valence-electron chi connectivity index (χ0n) is 20.6. The molecule has 5 nitrogen and oxygen atoms in total. The molecule has 0 radical (unpaired) electrons. The van der Waals surface area contributed by atoms with Crippen LogP contribution in [0.5, 0.6) is 0 Å². The number of aromatic nitrogens is 2. The van der Waals surface area contributed by atoms with Gasteiger partial charge in [-0.2, -0.15) is 0 Å². The average Bonchev–Trinajstić information content (AvgIpc) is 3.02. The van der Waals surface area contributed by atoms with Gasteiger partial charge < -0.3 is 9.30 Å². The topological polar surface area (TPSA) is 47.4 Å². The molecule has 4 aromatic rings. The van der Waals surface area contributed by atoms with Gasteiger partial charge in [0, 0.05) is 17.6 Å². The first-order valence-corrected chi connectivity index (χ1v) is 11.9. The fourth-order valence-electron chi connectivity index (χ4n) is 4.08. The van der Waals surface area contributed by atoms with Gasteiger partial charge in [0.25, 0.3) is 0 Å². The van der Waals surface area contributed by atoms with Gasteiger partial charge in [-0.1, -0.05) is 54.1 Å². The lowest BCUT2D eigenvalue weighted by Crippen LogP contribution is -2.37. The third kappa shape index (κ3) is 5.49. The van der Waals surface area contributed by atoms with Crippen LogP contribution < -0.4 is 4.90 Å². The smallest absolute Gasteiger partial charge is 0.416 e. The molecule has 0 aliphatic heterocycles. The maximum Gasteiger partial charge on any atom is 0.416 e. The van der Waals surface area contributed by atoms with Gasteiger partial charge in [-0.25, -0.2) is 14.2 Å². The predicted molar refractivity (Wildman–Crippen MR) is 139 cm³/mol. The molecule has 182 valence electrons. The molecule has 7 heteroatoms. The van der Waals surface area contributed by atoms with E-state index in [4.69, 9.17) is 16.3 Å². The summed E-state index contributed by atoms with van der Waals surface area (Å²) in [6, 6.07) is 18.0. The molecule has 0 spiro atoms. The molecule has 35 heavy (non-hydrogen) atoms. The van der Waals surface area contributed by atoms with Gasteiger partial charge in [-0.05, 0) is 69.5 Å². The minimum Gasteiger partial charge on any atom is -0.443 e. The Morgan fingerprint density at radius 3 is 2.34 bits per heavy atom. The van der Waals surface area contributed by atoms with E-state index < -0.39 is 11.7 Å². The van der Waals surface area contributed by atoms with Crippen molar-refractivity contribution in [2.24, 2.45) is 0 Å². The second kappa shape index (κ2) is 9.70. The van der Waals surface area contributed by atoms with Gasteiger partial charge in [0.2, 0.25) is 0 Å². The van der Waals surface area contributed by atoms with Crippen molar-refractivity contribution in [2.75, 3.05) is 4.90 Å². The SMILES string of the molecule is Cc1c(C)n(Cc2ccccc2)c2c(N(Cc3ccc(F)cc3)C(=O)OC(C)(C)C)nc(Cl)cc12. The van der Waals surface area contributed by atoms with E-state index >= 15 is 0 Å². The van der Waals surface area contributed by atoms with E-state index in [0.717, 1.165) is 33.3 Å². The number of rotatable bonds is 5. The van der Waals surface area contributed by atoms with Gasteiger partial charge >= 0.3 is 6.09 Å². The third-order valence-electron chi connectivity index (χ3n) is 5.87. The summed E-state index contributed by atoms with van der Waals surface area (Å²) in [5.74, 6) is 0.0574. The Bertz CT molecular complexity index is 1360. The van der Waals surface area contributed by atoms with Crippen molar-refractivity contribution in [3.05, 3.63) is 94.0 Å². The summed E-state index contributed by atoms with van der Waals surface area (Å²) in [6.07, 6.45) is -0.555. The molecule has 2 heterocycles. The van der Waals surface area contributed by atoms with Gasteiger partial charge in [-0.15, -0.1) is 0 Å². The van der Waals surface area contributed by atoms with Crippen LogP contribution in [0.1, 0.15) is 43.2 Å². The van der Waals surface area contributed by atoms with Crippen LogP contribution >= 0.6 is 11.6 Å². The normalized spacial score (nSPS) is 11.6. The summed E-state index contributed by atoms with van der Waals surface area (Å²) in [5, 5.41) is 1.20. The largest absolute Gasteiger partial charge is 0.443 e. The number of fused-ring (bicyclic) bond motifs is 1. The summed E-state index contributed by atoms with van der Waals surface area (Å²) in [6.45, 7) is 10.3. The molecule has 0 aliphatic carbocycles. The summed E-state index contributed by atoms with van der Waals surface area (Å²) < 4.78 is 21.5. The van der Waals surface area contributed by atoms with E-state index in [1.807, 2.05) is 58.9 Å². The van der Waals surface area contributed by atoms with Crippen molar-refractivity contribution in [2.45, 2.75) is 53.3 Å². The molecule has 0 N–H and O–H groups in total. The van der Waals surface area contributed by atoms with Gasteiger partial charge in [-0.3, -0.25) is 4.90 Å². The van der Waals surface area contributed by atoms with E-state index in [2.05, 4.69) is 21.7 Å². The lowest BCUT2D eigenvalue weighted by Gasteiger charge is -2.28. The Kier molecular flexibility index (Phi) is 6.86. The second-order valence-electron chi connectivity index (χ2n) is 9.64. The Morgan fingerprint density at radius 1 is 1.06 bits per heavy atom. The molecule has 0 saturated carbocycles. The van der Waals surface area contributed by atoms with Gasteiger partial charge in [0.05, 0.1) is 12.1 Å². The van der Waals surface area contributed by atoms with Crippen molar-refractivity contribution >= 4 is 34.4 Å². The maximum absolute atomic E-state index is 13.6. The summed E-state index contributed by atoms with van der Waals surface area (Å²) in [5.41, 5.74) is 4.06. The minimum absolute atomic E-state index is 0.145. The lowest BCUT2D eigenvalue weighted by atomic mass is 10.1. The van der Waals surface area contributed by atoms with Crippen LogP contribution in [-0.2, 0) is 17.8 Å². The predicted octanol–water partition coefficient (Wildman–Crippen LogP) is 7.44. The molecular weight excluding hydrogens is 465 g/mol. The first-order chi connectivity index (χ1) is 16.5. The highest BCUT2D eigenvalue weighted by Crippen LogP contribution is 2.35. The quantitative estimate of drug-likeness (QED) is 0.271. The number of halogens is 2. The molecule has 1 amide bonds. The molecular formula is C28H29ClFN3O2. The Morgan fingerprint density at radius 2 is 1.71 bits per heavy atom. The summed E-state index contributed by atoms with van der Waals surface area (Å²) in [4.78, 5) is 19.6. The number of aryl methyl sites for hydroxylation is 1. The lowest BCUT2D eigenvalue weighted by molar-refractivity contribution is 0.0576. The number of amides is 1. The van der Waals surface area contributed by atoms with Crippen LogP contribution in [0, 0.1) is 19.7 Å². The highest BCUT2D eigenvalue weighted by molar-refractivity contribution is 6.30. The molecule has 0 aliphatic rings. The number of hydrogen-bond donors (Lipinski definition) is 0. The Labute approximate surface area is 210 Å². The van der Waals surface area contributed by atoms with Crippen LogP contribution in [0.15, 0.2) is 60.7 Å². The Hall–Kier alpha value is -3.38. The average molecular weight is 494 g/mol. The molecule has 2 aromatic heterocycles. The van der Waals surface area contributed by atoms with E-state index in [-0.39, 0.29) is 17.5 Å². The van der Waals surface area contributed by atoms with Gasteiger partial charge in [0.1, 0.15) is 16.6 Å². The van der Waals surface area contributed by atoms with E-state index in [0.29, 0.717) is 12.4 Å². The highest BCUT2D eigenvalue weighted by Gasteiger charge is 2.29. The van der Waals surface area contributed by atoms with Crippen molar-refractivity contribution in [1.29, 1.82) is 0 Å². The number of nitrogens with zero attached hydrogens (tertiary/aromatic N) is 3.